The van der Waals surface area contributed by atoms with Crippen LogP contribution in [-0.4, -0.2) is 55.8 Å². The molecule has 1 aromatic heterocycles. The maximum atomic E-state index is 13.0. The molecule has 0 saturated carbocycles. The van der Waals surface area contributed by atoms with Crippen LogP contribution in [0.25, 0.3) is 10.2 Å². The molecule has 0 aliphatic heterocycles. The van der Waals surface area contributed by atoms with Crippen LogP contribution in [0.2, 0.25) is 0 Å². The van der Waals surface area contributed by atoms with Gasteiger partial charge in [0.15, 0.2) is 5.13 Å². The number of hydrogen-bond donors (Lipinski definition) is 0. The van der Waals surface area contributed by atoms with E-state index >= 15 is 0 Å². The summed E-state index contributed by atoms with van der Waals surface area (Å²) in [5, 5.41) is 0.770. The van der Waals surface area contributed by atoms with E-state index < -0.39 is 0 Å². The average molecular weight is 452 g/mol. The minimum Gasteiger partial charge on any atom is -0.497 e. The van der Waals surface area contributed by atoms with Gasteiger partial charge in [-0.05, 0) is 56.9 Å². The third kappa shape index (κ3) is 6.09. The number of methoxy groups -OCH3 is 1. The van der Waals surface area contributed by atoms with Crippen LogP contribution in [-0.2, 0) is 4.79 Å². The molecule has 0 unspecified atom stereocenters. The number of nitrogens with zero attached hydrogens (tertiary/aromatic N) is 3. The van der Waals surface area contributed by atoms with Gasteiger partial charge < -0.3 is 9.64 Å². The Hall–Kier alpha value is -1.80. The van der Waals surface area contributed by atoms with Gasteiger partial charge in [0.25, 0.3) is 0 Å². The number of hydrogen-bond acceptors (Lipinski definition) is 6. The van der Waals surface area contributed by atoms with E-state index in [1.807, 2.05) is 49.3 Å². The molecule has 0 atom stereocenters. The molecule has 3 rings (SSSR count). The van der Waals surface area contributed by atoms with E-state index in [0.29, 0.717) is 12.3 Å². The van der Waals surface area contributed by atoms with Crippen LogP contribution in [0.1, 0.15) is 5.56 Å². The van der Waals surface area contributed by atoms with Gasteiger partial charge in [0.05, 0.1) is 23.1 Å². The van der Waals surface area contributed by atoms with Crippen molar-refractivity contribution in [3.8, 4) is 5.75 Å². The second kappa shape index (κ2) is 10.8. The number of halogens is 1. The monoisotopic (exact) mass is 451 g/mol. The molecule has 0 radical (unpaired) electrons. The Morgan fingerprint density at radius 2 is 1.86 bits per heavy atom. The highest BCUT2D eigenvalue weighted by Gasteiger charge is 2.20. The molecule has 0 N–H and O–H groups in total. The largest absolute Gasteiger partial charge is 0.497 e. The molecule has 29 heavy (non-hydrogen) atoms. The lowest BCUT2D eigenvalue weighted by molar-refractivity contribution is -0.116. The number of thiazole rings is 1. The minimum absolute atomic E-state index is 0. The van der Waals surface area contributed by atoms with Crippen LogP contribution in [0.15, 0.2) is 47.4 Å². The fourth-order valence-corrected chi connectivity index (χ4v) is 4.57. The molecular formula is C21H26ClN3O2S2. The van der Waals surface area contributed by atoms with E-state index in [2.05, 4.69) is 24.0 Å². The molecule has 0 aliphatic rings. The predicted octanol–water partition coefficient (Wildman–Crippen LogP) is 4.72. The van der Waals surface area contributed by atoms with Crippen molar-refractivity contribution in [1.29, 1.82) is 0 Å². The molecule has 156 valence electrons. The van der Waals surface area contributed by atoms with E-state index in [4.69, 9.17) is 9.72 Å². The number of ether oxygens (including phenoxy) is 1. The van der Waals surface area contributed by atoms with Crippen molar-refractivity contribution in [3.63, 3.8) is 0 Å². The Bertz CT molecular complexity index is 945. The molecule has 0 bridgehead atoms. The quantitative estimate of drug-likeness (QED) is 0.463. The molecule has 5 nitrogen and oxygen atoms in total. The molecule has 0 fully saturated rings. The molecule has 0 saturated heterocycles. The number of carbonyl (C=O) groups is 1. The topological polar surface area (TPSA) is 45.7 Å². The van der Waals surface area contributed by atoms with Gasteiger partial charge in [-0.15, -0.1) is 24.2 Å². The first-order valence-corrected chi connectivity index (χ1v) is 10.9. The van der Waals surface area contributed by atoms with Gasteiger partial charge >= 0.3 is 0 Å². The SMILES string of the molecule is COc1ccc(SCC(=O)N(CCN(C)C)c2nc3c(C)cccc3s2)cc1.Cl. The molecule has 8 heteroatoms. The zero-order valence-corrected chi connectivity index (χ0v) is 19.5. The number of amides is 1. The van der Waals surface area contributed by atoms with Gasteiger partial charge in [-0.1, -0.05) is 23.5 Å². The fourth-order valence-electron chi connectivity index (χ4n) is 2.71. The summed E-state index contributed by atoms with van der Waals surface area (Å²) in [6.45, 7) is 3.46. The maximum absolute atomic E-state index is 13.0. The van der Waals surface area contributed by atoms with Crippen molar-refractivity contribution < 1.29 is 9.53 Å². The first-order valence-electron chi connectivity index (χ1n) is 9.06. The lowest BCUT2D eigenvalue weighted by Gasteiger charge is -2.21. The summed E-state index contributed by atoms with van der Waals surface area (Å²) in [6.07, 6.45) is 0. The van der Waals surface area contributed by atoms with Crippen molar-refractivity contribution in [2.75, 3.05) is 44.9 Å². The zero-order valence-electron chi connectivity index (χ0n) is 17.0. The van der Waals surface area contributed by atoms with Crippen molar-refractivity contribution >= 4 is 56.8 Å². The van der Waals surface area contributed by atoms with Crippen LogP contribution in [0.3, 0.4) is 0 Å². The number of para-hydroxylation sites is 1. The number of carbonyl (C=O) groups excluding carboxylic acids is 1. The number of thioether (sulfide) groups is 1. The fraction of sp³-hybridized carbons (Fsp3) is 0.333. The molecule has 1 amide bonds. The molecule has 0 aliphatic carbocycles. The molecule has 0 spiro atoms. The van der Waals surface area contributed by atoms with Crippen molar-refractivity contribution in [2.24, 2.45) is 0 Å². The van der Waals surface area contributed by atoms with Gasteiger partial charge in [0, 0.05) is 18.0 Å². The van der Waals surface area contributed by atoms with E-state index in [-0.39, 0.29) is 18.3 Å². The third-order valence-corrected chi connectivity index (χ3v) is 6.37. The van der Waals surface area contributed by atoms with Crippen LogP contribution >= 0.6 is 35.5 Å². The van der Waals surface area contributed by atoms with Crippen molar-refractivity contribution in [3.05, 3.63) is 48.0 Å². The highest BCUT2D eigenvalue weighted by atomic mass is 35.5. The summed E-state index contributed by atoms with van der Waals surface area (Å²) in [5.41, 5.74) is 2.11. The number of aryl methyl sites for hydroxylation is 1. The van der Waals surface area contributed by atoms with Crippen LogP contribution in [0.4, 0.5) is 5.13 Å². The Morgan fingerprint density at radius 1 is 1.14 bits per heavy atom. The van der Waals surface area contributed by atoms with Gasteiger partial charge in [-0.2, -0.15) is 0 Å². The number of anilines is 1. The van der Waals surface area contributed by atoms with Gasteiger partial charge in [-0.25, -0.2) is 4.98 Å². The van der Waals surface area contributed by atoms with Crippen LogP contribution in [0, 0.1) is 6.92 Å². The summed E-state index contributed by atoms with van der Waals surface area (Å²) in [4.78, 5) is 22.8. The Balaban J connectivity index is 0.00000300. The van der Waals surface area contributed by atoms with E-state index in [1.165, 1.54) is 11.8 Å². The Labute approximate surface area is 186 Å². The number of rotatable bonds is 8. The lowest BCUT2D eigenvalue weighted by atomic mass is 10.2. The second-order valence-corrected chi connectivity index (χ2v) is 8.79. The highest BCUT2D eigenvalue weighted by molar-refractivity contribution is 8.00. The summed E-state index contributed by atoms with van der Waals surface area (Å²) in [7, 11) is 5.67. The number of likely N-dealkylation sites (N-methyl/N-ethyl adjacent to an activating group) is 1. The minimum atomic E-state index is 0. The zero-order chi connectivity index (χ0) is 20.1. The first kappa shape index (κ1) is 23.5. The maximum Gasteiger partial charge on any atom is 0.239 e. The standard InChI is InChI=1S/C21H25N3O2S2.ClH/c1-15-6-5-7-18-20(15)22-21(28-18)24(13-12-23(2)3)19(25)14-27-17-10-8-16(26-4)9-11-17;/h5-11H,12-14H2,1-4H3;1H. The number of fused-ring (bicyclic) bond motifs is 1. The number of benzene rings is 2. The Morgan fingerprint density at radius 3 is 2.48 bits per heavy atom. The summed E-state index contributed by atoms with van der Waals surface area (Å²) in [5.74, 6) is 1.25. The van der Waals surface area contributed by atoms with Crippen LogP contribution in [0.5, 0.6) is 5.75 Å². The number of aromatic nitrogens is 1. The first-order chi connectivity index (χ1) is 13.5. The predicted molar refractivity (Wildman–Crippen MR) is 126 cm³/mol. The second-order valence-electron chi connectivity index (χ2n) is 6.73. The van der Waals surface area contributed by atoms with Crippen molar-refractivity contribution in [2.45, 2.75) is 11.8 Å². The molecular weight excluding hydrogens is 426 g/mol. The van der Waals surface area contributed by atoms with Gasteiger partial charge in [0.2, 0.25) is 5.91 Å². The average Bonchev–Trinajstić information content (AvgIpc) is 3.12. The van der Waals surface area contributed by atoms with Crippen molar-refractivity contribution in [1.82, 2.24) is 9.88 Å². The highest BCUT2D eigenvalue weighted by Crippen LogP contribution is 2.31. The summed E-state index contributed by atoms with van der Waals surface area (Å²) < 4.78 is 6.30. The Kier molecular flexibility index (Phi) is 8.77. The van der Waals surface area contributed by atoms with E-state index in [0.717, 1.165) is 38.1 Å². The smallest absolute Gasteiger partial charge is 0.239 e. The van der Waals surface area contributed by atoms with Gasteiger partial charge in [0.1, 0.15) is 5.75 Å². The van der Waals surface area contributed by atoms with E-state index in [1.54, 1.807) is 18.4 Å². The molecule has 2 aromatic carbocycles. The lowest BCUT2D eigenvalue weighted by Crippen LogP contribution is -2.37. The van der Waals surface area contributed by atoms with Gasteiger partial charge in [-0.3, -0.25) is 9.69 Å². The third-order valence-electron chi connectivity index (χ3n) is 4.33. The normalized spacial score (nSPS) is 10.8. The summed E-state index contributed by atoms with van der Waals surface area (Å²) >= 11 is 3.11. The van der Waals surface area contributed by atoms with E-state index in [9.17, 15) is 4.79 Å². The van der Waals surface area contributed by atoms with Crippen LogP contribution < -0.4 is 9.64 Å². The molecule has 3 aromatic rings. The molecule has 1 heterocycles. The summed E-state index contributed by atoms with van der Waals surface area (Å²) in [6, 6.07) is 13.9.